The number of amides is 1. The SMILES string of the molecule is Cc1ccccc1/C(O)=C1/C(=O)CN(C(C)(C)C)C1=O. The third kappa shape index (κ3) is 2.33. The van der Waals surface area contributed by atoms with Crippen LogP contribution in [0.15, 0.2) is 29.8 Å². The van der Waals surface area contributed by atoms with Crippen LogP contribution in [-0.4, -0.2) is 33.8 Å². The third-order valence-corrected chi connectivity index (χ3v) is 3.49. The van der Waals surface area contributed by atoms with Gasteiger partial charge in [0, 0.05) is 11.1 Å². The molecule has 1 aliphatic rings. The van der Waals surface area contributed by atoms with Crippen LogP contribution >= 0.6 is 0 Å². The lowest BCUT2D eigenvalue weighted by atomic mass is 10.0. The Morgan fingerprint density at radius 3 is 2.30 bits per heavy atom. The summed E-state index contributed by atoms with van der Waals surface area (Å²) < 4.78 is 0. The van der Waals surface area contributed by atoms with Gasteiger partial charge in [0.15, 0.2) is 5.78 Å². The van der Waals surface area contributed by atoms with E-state index in [9.17, 15) is 14.7 Å². The number of aliphatic hydroxyl groups is 1. The molecule has 1 fully saturated rings. The van der Waals surface area contributed by atoms with Crippen molar-refractivity contribution < 1.29 is 14.7 Å². The van der Waals surface area contributed by atoms with Crippen LogP contribution in [0.25, 0.3) is 5.76 Å². The highest BCUT2D eigenvalue weighted by Gasteiger charge is 2.41. The summed E-state index contributed by atoms with van der Waals surface area (Å²) in [5, 5.41) is 10.3. The minimum atomic E-state index is -0.444. The van der Waals surface area contributed by atoms with Gasteiger partial charge in [-0.1, -0.05) is 24.3 Å². The molecule has 0 spiro atoms. The quantitative estimate of drug-likeness (QED) is 0.486. The molecule has 20 heavy (non-hydrogen) atoms. The lowest BCUT2D eigenvalue weighted by Crippen LogP contribution is -2.42. The minimum Gasteiger partial charge on any atom is -0.506 e. The van der Waals surface area contributed by atoms with E-state index < -0.39 is 11.4 Å². The molecule has 0 saturated carbocycles. The fraction of sp³-hybridized carbons (Fsp3) is 0.375. The van der Waals surface area contributed by atoms with Crippen molar-refractivity contribution in [3.8, 4) is 0 Å². The second-order valence-corrected chi connectivity index (χ2v) is 6.02. The van der Waals surface area contributed by atoms with Gasteiger partial charge in [-0.15, -0.1) is 0 Å². The standard InChI is InChI=1S/C16H19NO3/c1-10-7-5-6-8-11(10)14(19)13-12(18)9-17(15(13)20)16(2,3)4/h5-8,19H,9H2,1-4H3/b14-13+. The van der Waals surface area contributed by atoms with Crippen molar-refractivity contribution in [2.75, 3.05) is 6.54 Å². The summed E-state index contributed by atoms with van der Waals surface area (Å²) in [6.45, 7) is 7.45. The van der Waals surface area contributed by atoms with E-state index in [1.54, 1.807) is 12.1 Å². The molecule has 1 saturated heterocycles. The predicted octanol–water partition coefficient (Wildman–Crippen LogP) is 2.47. The molecule has 0 unspecified atom stereocenters. The molecule has 0 aromatic heterocycles. The van der Waals surface area contributed by atoms with Gasteiger partial charge >= 0.3 is 0 Å². The Morgan fingerprint density at radius 2 is 1.80 bits per heavy atom. The van der Waals surface area contributed by atoms with Crippen LogP contribution in [0, 0.1) is 6.92 Å². The van der Waals surface area contributed by atoms with Gasteiger partial charge in [0.2, 0.25) is 0 Å². The van der Waals surface area contributed by atoms with Crippen molar-refractivity contribution in [3.63, 3.8) is 0 Å². The second kappa shape index (κ2) is 4.78. The molecule has 1 aliphatic heterocycles. The van der Waals surface area contributed by atoms with E-state index in [1.165, 1.54) is 4.90 Å². The molecule has 4 nitrogen and oxygen atoms in total. The van der Waals surface area contributed by atoms with Gasteiger partial charge in [-0.25, -0.2) is 0 Å². The van der Waals surface area contributed by atoms with E-state index in [0.717, 1.165) is 5.56 Å². The van der Waals surface area contributed by atoms with Crippen molar-refractivity contribution in [2.45, 2.75) is 33.2 Å². The van der Waals surface area contributed by atoms with Gasteiger partial charge in [-0.3, -0.25) is 9.59 Å². The first-order valence-electron chi connectivity index (χ1n) is 6.58. The molecule has 0 atom stereocenters. The molecular formula is C16H19NO3. The molecule has 1 aromatic carbocycles. The lowest BCUT2D eigenvalue weighted by Gasteiger charge is -2.30. The second-order valence-electron chi connectivity index (χ2n) is 6.02. The molecule has 0 aliphatic carbocycles. The zero-order valence-electron chi connectivity index (χ0n) is 12.2. The maximum absolute atomic E-state index is 12.4. The van der Waals surface area contributed by atoms with Crippen molar-refractivity contribution >= 4 is 17.4 Å². The van der Waals surface area contributed by atoms with Crippen molar-refractivity contribution in [3.05, 3.63) is 41.0 Å². The fourth-order valence-corrected chi connectivity index (χ4v) is 2.30. The van der Waals surface area contributed by atoms with Crippen molar-refractivity contribution in [1.29, 1.82) is 0 Å². The Kier molecular flexibility index (Phi) is 3.42. The number of carbonyl (C=O) groups excluding carboxylic acids is 2. The number of likely N-dealkylation sites (tertiary alicyclic amines) is 1. The first-order chi connectivity index (χ1) is 9.23. The average Bonchev–Trinajstić information content (AvgIpc) is 2.64. The third-order valence-electron chi connectivity index (χ3n) is 3.49. The molecule has 106 valence electrons. The minimum absolute atomic E-state index is 0.0214. The molecule has 0 radical (unpaired) electrons. The molecule has 4 heteroatoms. The summed E-state index contributed by atoms with van der Waals surface area (Å²) in [6.07, 6.45) is 0. The van der Waals surface area contributed by atoms with E-state index in [-0.39, 0.29) is 23.7 Å². The van der Waals surface area contributed by atoms with E-state index in [2.05, 4.69) is 0 Å². The van der Waals surface area contributed by atoms with Crippen LogP contribution in [0.2, 0.25) is 0 Å². The summed E-state index contributed by atoms with van der Waals surface area (Å²) in [6, 6.07) is 7.15. The summed E-state index contributed by atoms with van der Waals surface area (Å²) in [5.41, 5.74) is 0.807. The van der Waals surface area contributed by atoms with E-state index in [0.29, 0.717) is 5.56 Å². The fourth-order valence-electron chi connectivity index (χ4n) is 2.30. The smallest absolute Gasteiger partial charge is 0.262 e. The number of hydrogen-bond donors (Lipinski definition) is 1. The number of aryl methyl sites for hydroxylation is 1. The highest BCUT2D eigenvalue weighted by Crippen LogP contribution is 2.29. The Hall–Kier alpha value is -2.10. The van der Waals surface area contributed by atoms with Crippen LogP contribution in [-0.2, 0) is 9.59 Å². The maximum atomic E-state index is 12.4. The van der Waals surface area contributed by atoms with Crippen LogP contribution in [0.4, 0.5) is 0 Å². The normalized spacial score (nSPS) is 18.7. The highest BCUT2D eigenvalue weighted by atomic mass is 16.3. The Balaban J connectivity index is 2.52. The van der Waals surface area contributed by atoms with E-state index in [1.807, 2.05) is 39.8 Å². The topological polar surface area (TPSA) is 57.6 Å². The monoisotopic (exact) mass is 273 g/mol. The summed E-state index contributed by atoms with van der Waals surface area (Å²) in [4.78, 5) is 25.9. The van der Waals surface area contributed by atoms with Crippen LogP contribution in [0.1, 0.15) is 31.9 Å². The number of aliphatic hydroxyl groups excluding tert-OH is 1. The van der Waals surface area contributed by atoms with Crippen LogP contribution in [0.3, 0.4) is 0 Å². The number of ketones is 1. The van der Waals surface area contributed by atoms with Crippen LogP contribution < -0.4 is 0 Å². The first kappa shape index (κ1) is 14.3. The molecule has 1 heterocycles. The Labute approximate surface area is 118 Å². The summed E-state index contributed by atoms with van der Waals surface area (Å²) in [5.74, 6) is -0.946. The number of hydrogen-bond acceptors (Lipinski definition) is 3. The Bertz CT molecular complexity index is 608. The number of carbonyl (C=O) groups is 2. The zero-order valence-corrected chi connectivity index (χ0v) is 12.2. The Morgan fingerprint density at radius 1 is 1.20 bits per heavy atom. The zero-order chi connectivity index (χ0) is 15.1. The number of benzene rings is 1. The molecule has 1 N–H and O–H groups in total. The molecular weight excluding hydrogens is 254 g/mol. The largest absolute Gasteiger partial charge is 0.506 e. The van der Waals surface area contributed by atoms with Gasteiger partial charge < -0.3 is 10.0 Å². The number of Topliss-reactive ketones (excluding diaryl/α,β-unsaturated/α-hetero) is 1. The van der Waals surface area contributed by atoms with Gasteiger partial charge in [-0.2, -0.15) is 0 Å². The molecule has 0 bridgehead atoms. The van der Waals surface area contributed by atoms with Gasteiger partial charge in [0.1, 0.15) is 11.3 Å². The average molecular weight is 273 g/mol. The molecule has 2 rings (SSSR count). The first-order valence-corrected chi connectivity index (χ1v) is 6.58. The number of rotatable bonds is 1. The number of nitrogens with zero attached hydrogens (tertiary/aromatic N) is 1. The van der Waals surface area contributed by atoms with Crippen LogP contribution in [0.5, 0.6) is 0 Å². The highest BCUT2D eigenvalue weighted by molar-refractivity contribution is 6.29. The lowest BCUT2D eigenvalue weighted by molar-refractivity contribution is -0.129. The van der Waals surface area contributed by atoms with Gasteiger partial charge in [0.25, 0.3) is 5.91 Å². The summed E-state index contributed by atoms with van der Waals surface area (Å²) >= 11 is 0. The van der Waals surface area contributed by atoms with Gasteiger partial charge in [-0.05, 0) is 33.3 Å². The summed E-state index contributed by atoms with van der Waals surface area (Å²) in [7, 11) is 0. The van der Waals surface area contributed by atoms with E-state index >= 15 is 0 Å². The van der Waals surface area contributed by atoms with Gasteiger partial charge in [0.05, 0.1) is 6.54 Å². The van der Waals surface area contributed by atoms with Crippen molar-refractivity contribution in [2.24, 2.45) is 0 Å². The maximum Gasteiger partial charge on any atom is 0.262 e. The predicted molar refractivity (Wildman–Crippen MR) is 77.2 cm³/mol. The molecule has 1 aromatic rings. The molecule has 1 amide bonds. The van der Waals surface area contributed by atoms with Crippen molar-refractivity contribution in [1.82, 2.24) is 4.90 Å². The van der Waals surface area contributed by atoms with E-state index in [4.69, 9.17) is 0 Å².